The summed E-state index contributed by atoms with van der Waals surface area (Å²) in [4.78, 5) is 26.8. The molecular formula is C31H37N5O2. The SMILES string of the molecule is O=C(O)Cn1c2ccccc2c2ccnc(CN(CCCN3CCCCC3)C3CCCc4cccnc43)c21. The van der Waals surface area contributed by atoms with Crippen LogP contribution in [-0.4, -0.2) is 61.6 Å². The minimum atomic E-state index is -0.841. The van der Waals surface area contributed by atoms with Crippen molar-refractivity contribution in [3.63, 3.8) is 0 Å². The summed E-state index contributed by atoms with van der Waals surface area (Å²) in [7, 11) is 0. The number of aromatic nitrogens is 3. The molecule has 38 heavy (non-hydrogen) atoms. The van der Waals surface area contributed by atoms with Crippen LogP contribution in [-0.2, 0) is 24.3 Å². The number of aryl methyl sites for hydroxylation is 1. The lowest BCUT2D eigenvalue weighted by molar-refractivity contribution is -0.137. The van der Waals surface area contributed by atoms with E-state index in [4.69, 9.17) is 9.97 Å². The number of likely N-dealkylation sites (tertiary alicyclic amines) is 1. The van der Waals surface area contributed by atoms with Crippen LogP contribution in [0.5, 0.6) is 0 Å². The first-order valence-electron chi connectivity index (χ1n) is 14.2. The summed E-state index contributed by atoms with van der Waals surface area (Å²) in [5.74, 6) is -0.841. The normalized spacial score (nSPS) is 18.3. The van der Waals surface area contributed by atoms with Crippen LogP contribution in [0.2, 0.25) is 0 Å². The average molecular weight is 512 g/mol. The van der Waals surface area contributed by atoms with Gasteiger partial charge in [-0.05, 0) is 81.9 Å². The van der Waals surface area contributed by atoms with Gasteiger partial charge in [-0.2, -0.15) is 0 Å². The van der Waals surface area contributed by atoms with Gasteiger partial charge >= 0.3 is 5.97 Å². The zero-order valence-electron chi connectivity index (χ0n) is 22.1. The molecule has 1 saturated heterocycles. The van der Waals surface area contributed by atoms with Crippen LogP contribution >= 0.6 is 0 Å². The maximum Gasteiger partial charge on any atom is 0.323 e. The maximum absolute atomic E-state index is 11.9. The molecule has 4 aromatic rings. The zero-order valence-corrected chi connectivity index (χ0v) is 22.1. The van der Waals surface area contributed by atoms with Gasteiger partial charge in [-0.3, -0.25) is 19.7 Å². The monoisotopic (exact) mass is 511 g/mol. The molecule has 7 heteroatoms. The largest absolute Gasteiger partial charge is 0.480 e. The lowest BCUT2D eigenvalue weighted by atomic mass is 9.90. The van der Waals surface area contributed by atoms with Gasteiger partial charge in [0.15, 0.2) is 0 Å². The first-order chi connectivity index (χ1) is 18.7. The van der Waals surface area contributed by atoms with E-state index in [-0.39, 0.29) is 12.6 Å². The van der Waals surface area contributed by atoms with Crippen LogP contribution in [0.1, 0.15) is 61.5 Å². The van der Waals surface area contributed by atoms with Crippen LogP contribution in [0.4, 0.5) is 0 Å². The molecule has 1 aromatic carbocycles. The Kier molecular flexibility index (Phi) is 7.38. The number of carboxylic acid groups (broad SMARTS) is 1. The van der Waals surface area contributed by atoms with Crippen LogP contribution in [0.25, 0.3) is 21.8 Å². The summed E-state index contributed by atoms with van der Waals surface area (Å²) in [5.41, 5.74) is 5.39. The smallest absolute Gasteiger partial charge is 0.323 e. The Bertz CT molecular complexity index is 1420. The molecular weight excluding hydrogens is 474 g/mol. The predicted octanol–water partition coefficient (Wildman–Crippen LogP) is 5.42. The number of nitrogens with zero attached hydrogens (tertiary/aromatic N) is 5. The van der Waals surface area contributed by atoms with E-state index in [1.54, 1.807) is 0 Å². The van der Waals surface area contributed by atoms with Crippen LogP contribution < -0.4 is 0 Å². The molecule has 0 bridgehead atoms. The average Bonchev–Trinajstić information content (AvgIpc) is 3.26. The van der Waals surface area contributed by atoms with E-state index in [1.165, 1.54) is 43.6 Å². The van der Waals surface area contributed by atoms with E-state index in [0.717, 1.165) is 66.3 Å². The molecule has 0 saturated carbocycles. The molecule has 7 nitrogen and oxygen atoms in total. The van der Waals surface area contributed by atoms with Crippen LogP contribution in [0, 0.1) is 0 Å². The maximum atomic E-state index is 11.9. The Labute approximate surface area is 224 Å². The zero-order chi connectivity index (χ0) is 25.9. The molecule has 2 aliphatic rings. The predicted molar refractivity (Wildman–Crippen MR) is 150 cm³/mol. The van der Waals surface area contributed by atoms with Crippen molar-refractivity contribution in [3.8, 4) is 0 Å². The van der Waals surface area contributed by atoms with E-state index in [2.05, 4.69) is 28.0 Å². The molecule has 3 aromatic heterocycles. The molecule has 1 atom stereocenters. The number of rotatable bonds is 9. The summed E-state index contributed by atoms with van der Waals surface area (Å²) in [6.45, 7) is 5.11. The van der Waals surface area contributed by atoms with Crippen molar-refractivity contribution < 1.29 is 9.90 Å². The van der Waals surface area contributed by atoms with Crippen LogP contribution in [0.15, 0.2) is 54.9 Å². The van der Waals surface area contributed by atoms with E-state index in [1.807, 2.05) is 41.2 Å². The number of para-hydroxylation sites is 1. The molecule has 0 radical (unpaired) electrons. The molecule has 1 N–H and O–H groups in total. The molecule has 4 heterocycles. The lowest BCUT2D eigenvalue weighted by Gasteiger charge is -2.36. The molecule has 1 unspecified atom stereocenters. The Morgan fingerprint density at radius 1 is 0.974 bits per heavy atom. The number of carboxylic acids is 1. The standard InChI is InChI=1S/C31H37N5O2/c37-29(38)22-36-27-12-3-2-11-24(27)25-14-16-32-26(31(25)36)21-35(20-8-19-34-17-4-1-5-18-34)28-13-6-9-23-10-7-15-33-30(23)28/h2-3,7,10-12,14-16,28H,1,4-6,8-9,13,17-22H2,(H,37,38). The fourth-order valence-electron chi connectivity index (χ4n) is 6.65. The van der Waals surface area contributed by atoms with Crippen molar-refractivity contribution in [2.75, 3.05) is 26.2 Å². The number of aliphatic carboxylic acids is 1. The van der Waals surface area contributed by atoms with Crippen molar-refractivity contribution in [1.29, 1.82) is 0 Å². The topological polar surface area (TPSA) is 74.5 Å². The van der Waals surface area contributed by atoms with Crippen molar-refractivity contribution >= 4 is 27.8 Å². The molecule has 6 rings (SSSR count). The van der Waals surface area contributed by atoms with Crippen molar-refractivity contribution in [2.45, 2.75) is 64.1 Å². The number of piperidine rings is 1. The molecule has 1 fully saturated rings. The first-order valence-corrected chi connectivity index (χ1v) is 14.2. The fraction of sp³-hybridized carbons (Fsp3) is 0.452. The second-order valence-corrected chi connectivity index (χ2v) is 10.8. The number of benzene rings is 1. The Morgan fingerprint density at radius 3 is 2.71 bits per heavy atom. The number of hydrogen-bond donors (Lipinski definition) is 1. The highest BCUT2D eigenvalue weighted by Gasteiger charge is 2.29. The minimum absolute atomic E-state index is 0.0779. The van der Waals surface area contributed by atoms with Crippen molar-refractivity contribution in [1.82, 2.24) is 24.3 Å². The molecule has 198 valence electrons. The van der Waals surface area contributed by atoms with E-state index < -0.39 is 5.97 Å². The number of hydrogen-bond acceptors (Lipinski definition) is 5. The van der Waals surface area contributed by atoms with Gasteiger partial charge in [0, 0.05) is 41.8 Å². The quantitative estimate of drug-likeness (QED) is 0.323. The molecule has 1 aliphatic heterocycles. The summed E-state index contributed by atoms with van der Waals surface area (Å²) in [6, 6.07) is 14.6. The van der Waals surface area contributed by atoms with Crippen LogP contribution in [0.3, 0.4) is 0 Å². The third-order valence-corrected chi connectivity index (χ3v) is 8.38. The minimum Gasteiger partial charge on any atom is -0.480 e. The summed E-state index contributed by atoms with van der Waals surface area (Å²) in [6.07, 6.45) is 12.2. The molecule has 1 aliphatic carbocycles. The van der Waals surface area contributed by atoms with E-state index >= 15 is 0 Å². The number of fused-ring (bicyclic) bond motifs is 4. The highest BCUT2D eigenvalue weighted by molar-refractivity contribution is 6.09. The Hall–Kier alpha value is -3.29. The second kappa shape index (κ2) is 11.2. The van der Waals surface area contributed by atoms with Gasteiger partial charge in [-0.1, -0.05) is 30.7 Å². The highest BCUT2D eigenvalue weighted by Crippen LogP contribution is 2.36. The Balaban J connectivity index is 1.37. The Morgan fingerprint density at radius 2 is 1.84 bits per heavy atom. The van der Waals surface area contributed by atoms with E-state index in [0.29, 0.717) is 6.54 Å². The van der Waals surface area contributed by atoms with Gasteiger partial charge in [0.2, 0.25) is 0 Å². The third-order valence-electron chi connectivity index (χ3n) is 8.38. The second-order valence-electron chi connectivity index (χ2n) is 10.8. The first kappa shape index (κ1) is 25.0. The number of carbonyl (C=O) groups is 1. The van der Waals surface area contributed by atoms with Gasteiger partial charge in [-0.25, -0.2) is 0 Å². The summed E-state index contributed by atoms with van der Waals surface area (Å²) >= 11 is 0. The van der Waals surface area contributed by atoms with Crippen molar-refractivity contribution in [2.24, 2.45) is 0 Å². The van der Waals surface area contributed by atoms with Gasteiger partial charge in [0.25, 0.3) is 0 Å². The van der Waals surface area contributed by atoms with E-state index in [9.17, 15) is 9.90 Å². The molecule has 0 spiro atoms. The van der Waals surface area contributed by atoms with Gasteiger partial charge in [0.1, 0.15) is 6.54 Å². The van der Waals surface area contributed by atoms with Gasteiger partial charge < -0.3 is 14.6 Å². The summed E-state index contributed by atoms with van der Waals surface area (Å²) in [5, 5.41) is 11.9. The number of pyridine rings is 2. The fourth-order valence-corrected chi connectivity index (χ4v) is 6.65. The summed E-state index contributed by atoms with van der Waals surface area (Å²) < 4.78 is 1.94. The molecule has 0 amide bonds. The highest BCUT2D eigenvalue weighted by atomic mass is 16.4. The van der Waals surface area contributed by atoms with Crippen molar-refractivity contribution in [3.05, 3.63) is 71.8 Å². The third kappa shape index (κ3) is 5.05. The van der Waals surface area contributed by atoms with Gasteiger partial charge in [-0.15, -0.1) is 0 Å². The van der Waals surface area contributed by atoms with Gasteiger partial charge in [0.05, 0.1) is 22.9 Å². The lowest BCUT2D eigenvalue weighted by Crippen LogP contribution is -2.36.